The summed E-state index contributed by atoms with van der Waals surface area (Å²) in [5.74, 6) is 3.28. The molecule has 0 amide bonds. The molecule has 4 rings (SSSR count). The molecule has 1 N–H and O–H groups in total. The van der Waals surface area contributed by atoms with Crippen LogP contribution in [-0.4, -0.2) is 25.7 Å². The van der Waals surface area contributed by atoms with E-state index in [1.807, 2.05) is 23.1 Å². The van der Waals surface area contributed by atoms with Gasteiger partial charge in [-0.15, -0.1) is 11.3 Å². The van der Waals surface area contributed by atoms with Crippen molar-refractivity contribution in [3.05, 3.63) is 29.0 Å². The molecule has 0 unspecified atom stereocenters. The molecule has 0 fully saturated rings. The van der Waals surface area contributed by atoms with Crippen molar-refractivity contribution in [2.75, 3.05) is 5.75 Å². The minimum absolute atomic E-state index is 0.737. The van der Waals surface area contributed by atoms with Gasteiger partial charge in [0, 0.05) is 10.6 Å². The molecular weight excluding hydrogens is 264 g/mol. The molecule has 0 saturated heterocycles. The predicted octanol–water partition coefficient (Wildman–Crippen LogP) is 2.87. The normalized spacial score (nSPS) is 14.9. The van der Waals surface area contributed by atoms with Gasteiger partial charge in [-0.3, -0.25) is 0 Å². The number of rotatable bonds is 1. The molecule has 0 bridgehead atoms. The number of nitrogens with one attached hydrogen (secondary N) is 1. The standard InChI is InChI=1S/C12H10N4S2/c1-2-17-5-7-3-10(18-9(1)7)12-15-8-4-13-6-14-11(8)16-12/h3-4,6H,1-2,5H2,(H,13,14,15,16). The fourth-order valence-corrected chi connectivity index (χ4v) is 4.46. The van der Waals surface area contributed by atoms with Crippen LogP contribution in [0.1, 0.15) is 10.4 Å². The van der Waals surface area contributed by atoms with Gasteiger partial charge >= 0.3 is 0 Å². The van der Waals surface area contributed by atoms with Gasteiger partial charge in [-0.25, -0.2) is 15.0 Å². The number of aromatic nitrogens is 4. The predicted molar refractivity (Wildman–Crippen MR) is 74.9 cm³/mol. The number of thiophene rings is 1. The smallest absolute Gasteiger partial charge is 0.181 e. The first-order chi connectivity index (χ1) is 8.90. The lowest BCUT2D eigenvalue weighted by Crippen LogP contribution is -1.96. The van der Waals surface area contributed by atoms with E-state index < -0.39 is 0 Å². The second kappa shape index (κ2) is 4.07. The number of hydrogen-bond acceptors (Lipinski definition) is 5. The third kappa shape index (κ3) is 1.64. The van der Waals surface area contributed by atoms with Crippen LogP contribution in [0.15, 0.2) is 18.6 Å². The Morgan fingerprint density at radius 3 is 3.22 bits per heavy atom. The molecule has 18 heavy (non-hydrogen) atoms. The molecule has 1 aliphatic heterocycles. The summed E-state index contributed by atoms with van der Waals surface area (Å²) in [6.45, 7) is 0. The molecule has 6 heteroatoms. The van der Waals surface area contributed by atoms with Crippen molar-refractivity contribution in [3.63, 3.8) is 0 Å². The first kappa shape index (κ1) is 10.5. The first-order valence-corrected chi connectivity index (χ1v) is 7.73. The van der Waals surface area contributed by atoms with E-state index in [2.05, 4.69) is 26.0 Å². The summed E-state index contributed by atoms with van der Waals surface area (Å²) in [6.07, 6.45) is 4.48. The monoisotopic (exact) mass is 274 g/mol. The van der Waals surface area contributed by atoms with Crippen LogP contribution >= 0.6 is 23.1 Å². The number of nitrogens with zero attached hydrogens (tertiary/aromatic N) is 3. The van der Waals surface area contributed by atoms with E-state index in [1.165, 1.54) is 33.8 Å². The van der Waals surface area contributed by atoms with E-state index in [-0.39, 0.29) is 0 Å². The van der Waals surface area contributed by atoms with E-state index in [1.54, 1.807) is 6.20 Å². The summed E-state index contributed by atoms with van der Waals surface area (Å²) in [5.41, 5.74) is 3.10. The molecule has 3 aromatic heterocycles. The summed E-state index contributed by atoms with van der Waals surface area (Å²) < 4.78 is 0. The fraction of sp³-hybridized carbons (Fsp3) is 0.250. The van der Waals surface area contributed by atoms with Crippen LogP contribution in [0.25, 0.3) is 21.9 Å². The van der Waals surface area contributed by atoms with Crippen molar-refractivity contribution >= 4 is 34.3 Å². The van der Waals surface area contributed by atoms with Crippen molar-refractivity contribution < 1.29 is 0 Å². The highest BCUT2D eigenvalue weighted by Crippen LogP contribution is 2.36. The van der Waals surface area contributed by atoms with Crippen molar-refractivity contribution in [1.82, 2.24) is 19.9 Å². The highest BCUT2D eigenvalue weighted by molar-refractivity contribution is 7.98. The van der Waals surface area contributed by atoms with E-state index >= 15 is 0 Å². The van der Waals surface area contributed by atoms with Gasteiger partial charge in [-0.2, -0.15) is 11.8 Å². The summed E-state index contributed by atoms with van der Waals surface area (Å²) in [4.78, 5) is 18.7. The molecule has 90 valence electrons. The van der Waals surface area contributed by atoms with Crippen molar-refractivity contribution in [2.45, 2.75) is 12.2 Å². The number of imidazole rings is 1. The number of thioether (sulfide) groups is 1. The quantitative estimate of drug-likeness (QED) is 0.741. The Labute approximate surface area is 112 Å². The Morgan fingerprint density at radius 2 is 2.33 bits per heavy atom. The van der Waals surface area contributed by atoms with Gasteiger partial charge in [0.05, 0.1) is 11.1 Å². The Balaban J connectivity index is 1.84. The van der Waals surface area contributed by atoms with Crippen molar-refractivity contribution in [2.24, 2.45) is 0 Å². The third-order valence-corrected chi connectivity index (χ3v) is 5.27. The number of fused-ring (bicyclic) bond motifs is 2. The molecule has 0 spiro atoms. The van der Waals surface area contributed by atoms with Crippen LogP contribution < -0.4 is 0 Å². The minimum Gasteiger partial charge on any atom is -0.335 e. The SMILES string of the molecule is c1ncc2[nH]c(-c3cc4c(s3)CCSC4)nc2n1. The molecule has 4 nitrogen and oxygen atoms in total. The zero-order valence-electron chi connectivity index (χ0n) is 9.51. The maximum Gasteiger partial charge on any atom is 0.181 e. The number of aromatic amines is 1. The van der Waals surface area contributed by atoms with E-state index in [4.69, 9.17) is 0 Å². The van der Waals surface area contributed by atoms with Crippen LogP contribution in [0.2, 0.25) is 0 Å². The van der Waals surface area contributed by atoms with E-state index in [9.17, 15) is 0 Å². The second-order valence-corrected chi connectivity index (χ2v) is 6.45. The van der Waals surface area contributed by atoms with Crippen LogP contribution in [0.4, 0.5) is 0 Å². The van der Waals surface area contributed by atoms with E-state index in [0.29, 0.717) is 0 Å². The molecule has 0 atom stereocenters. The first-order valence-electron chi connectivity index (χ1n) is 5.75. The lowest BCUT2D eigenvalue weighted by Gasteiger charge is -2.08. The van der Waals surface area contributed by atoms with Crippen molar-refractivity contribution in [3.8, 4) is 10.7 Å². The highest BCUT2D eigenvalue weighted by Gasteiger charge is 2.16. The topological polar surface area (TPSA) is 54.5 Å². The largest absolute Gasteiger partial charge is 0.335 e. The van der Waals surface area contributed by atoms with Gasteiger partial charge in [0.15, 0.2) is 11.5 Å². The maximum atomic E-state index is 4.52. The summed E-state index contributed by atoms with van der Waals surface area (Å²) in [5, 5.41) is 0. The molecule has 4 heterocycles. The Kier molecular flexibility index (Phi) is 2.38. The van der Waals surface area contributed by atoms with Crippen LogP contribution in [0.5, 0.6) is 0 Å². The second-order valence-electron chi connectivity index (χ2n) is 4.21. The molecule has 0 aromatic carbocycles. The Bertz CT molecular complexity index is 659. The summed E-state index contributed by atoms with van der Waals surface area (Å²) in [6, 6.07) is 2.26. The average Bonchev–Trinajstić information content (AvgIpc) is 3.02. The van der Waals surface area contributed by atoms with E-state index in [0.717, 1.165) is 22.7 Å². The van der Waals surface area contributed by atoms with Gasteiger partial charge in [-0.1, -0.05) is 0 Å². The minimum atomic E-state index is 0.737. The van der Waals surface area contributed by atoms with Crippen LogP contribution in [0, 0.1) is 0 Å². The highest BCUT2D eigenvalue weighted by atomic mass is 32.2. The molecule has 1 aliphatic rings. The molecule has 0 saturated carbocycles. The van der Waals surface area contributed by atoms with Crippen molar-refractivity contribution in [1.29, 1.82) is 0 Å². The van der Waals surface area contributed by atoms with Gasteiger partial charge in [-0.05, 0) is 23.8 Å². The fourth-order valence-electron chi connectivity index (χ4n) is 2.14. The summed E-state index contributed by atoms with van der Waals surface area (Å²) in [7, 11) is 0. The average molecular weight is 274 g/mol. The van der Waals surface area contributed by atoms with Gasteiger partial charge < -0.3 is 4.98 Å². The van der Waals surface area contributed by atoms with Crippen LogP contribution in [0.3, 0.4) is 0 Å². The lowest BCUT2D eigenvalue weighted by molar-refractivity contribution is 1.13. The number of H-pyrrole nitrogens is 1. The molecule has 0 aliphatic carbocycles. The summed E-state index contributed by atoms with van der Waals surface area (Å²) >= 11 is 3.85. The van der Waals surface area contributed by atoms with Crippen LogP contribution in [-0.2, 0) is 12.2 Å². The third-order valence-electron chi connectivity index (χ3n) is 3.02. The maximum absolute atomic E-state index is 4.52. The zero-order chi connectivity index (χ0) is 11.9. The molecular formula is C12H10N4S2. The Hall–Kier alpha value is -1.40. The van der Waals surface area contributed by atoms with Gasteiger partial charge in [0.2, 0.25) is 0 Å². The number of hydrogen-bond donors (Lipinski definition) is 1. The molecule has 0 radical (unpaired) electrons. The lowest BCUT2D eigenvalue weighted by atomic mass is 10.2. The molecule has 3 aromatic rings. The van der Waals surface area contributed by atoms with Gasteiger partial charge in [0.25, 0.3) is 0 Å². The zero-order valence-corrected chi connectivity index (χ0v) is 11.1. The van der Waals surface area contributed by atoms with Gasteiger partial charge in [0.1, 0.15) is 11.8 Å². The Morgan fingerprint density at radius 1 is 1.33 bits per heavy atom. The number of aryl methyl sites for hydroxylation is 1.